The second kappa shape index (κ2) is 10.2. The van der Waals surface area contributed by atoms with Gasteiger partial charge in [0, 0.05) is 13.1 Å². The van der Waals surface area contributed by atoms with Crippen molar-refractivity contribution in [2.45, 2.75) is 24.2 Å². The van der Waals surface area contributed by atoms with Gasteiger partial charge in [-0.05, 0) is 41.5 Å². The molecule has 0 amide bonds. The normalized spacial score (nSPS) is 12.1. The van der Waals surface area contributed by atoms with Crippen molar-refractivity contribution in [1.82, 2.24) is 4.31 Å². The summed E-state index contributed by atoms with van der Waals surface area (Å²) in [6.45, 7) is -1.08. The third-order valence-electron chi connectivity index (χ3n) is 5.12. The molecule has 0 aliphatic heterocycles. The van der Waals surface area contributed by atoms with Gasteiger partial charge in [-0.15, -0.1) is 0 Å². The van der Waals surface area contributed by atoms with Gasteiger partial charge in [-0.25, -0.2) is 26.4 Å². The Morgan fingerprint density at radius 2 is 1.39 bits per heavy atom. The summed E-state index contributed by atoms with van der Waals surface area (Å²) in [5.74, 6) is -8.12. The van der Waals surface area contributed by atoms with Crippen LogP contribution < -0.4 is 4.74 Å². The second-order valence-electron chi connectivity index (χ2n) is 7.49. The first-order valence-corrected chi connectivity index (χ1v) is 11.4. The van der Waals surface area contributed by atoms with E-state index in [-0.39, 0.29) is 11.6 Å². The van der Waals surface area contributed by atoms with E-state index in [4.69, 9.17) is 9.84 Å². The summed E-state index contributed by atoms with van der Waals surface area (Å²) in [4.78, 5) is 9.80. The van der Waals surface area contributed by atoms with Gasteiger partial charge >= 0.3 is 12.1 Å². The van der Waals surface area contributed by atoms with Crippen LogP contribution in [0.25, 0.3) is 0 Å². The highest BCUT2D eigenvalue weighted by Gasteiger charge is 2.34. The molecule has 3 rings (SSSR count). The maximum absolute atomic E-state index is 14.6. The van der Waals surface area contributed by atoms with Crippen LogP contribution in [0.4, 0.5) is 26.3 Å². The molecule has 0 unspecified atom stereocenters. The molecule has 0 aromatic heterocycles. The molecule has 0 saturated carbocycles. The fraction of sp³-hybridized carbons (Fsp3) is 0.174. The smallest absolute Gasteiger partial charge is 0.416 e. The molecule has 0 radical (unpaired) electrons. The quantitative estimate of drug-likeness (QED) is 0.317. The van der Waals surface area contributed by atoms with Gasteiger partial charge < -0.3 is 9.84 Å². The van der Waals surface area contributed by atoms with Crippen LogP contribution in [-0.4, -0.2) is 30.9 Å². The number of halogens is 6. The van der Waals surface area contributed by atoms with E-state index >= 15 is 0 Å². The van der Waals surface area contributed by atoms with E-state index in [0.29, 0.717) is 27.8 Å². The minimum absolute atomic E-state index is 0.0570. The van der Waals surface area contributed by atoms with Crippen molar-refractivity contribution in [3.63, 3.8) is 0 Å². The highest BCUT2D eigenvalue weighted by molar-refractivity contribution is 7.89. The Labute approximate surface area is 201 Å². The Hall–Kier alpha value is -3.58. The van der Waals surface area contributed by atoms with E-state index in [1.807, 2.05) is 0 Å². The summed E-state index contributed by atoms with van der Waals surface area (Å²) < 4.78 is 113. The molecule has 0 atom stereocenters. The molecule has 192 valence electrons. The van der Waals surface area contributed by atoms with Gasteiger partial charge in [-0.2, -0.15) is 17.5 Å². The highest BCUT2D eigenvalue weighted by Crippen LogP contribution is 2.31. The van der Waals surface area contributed by atoms with Crippen molar-refractivity contribution >= 4 is 16.0 Å². The fourth-order valence-electron chi connectivity index (χ4n) is 3.23. The van der Waals surface area contributed by atoms with Crippen molar-refractivity contribution in [2.24, 2.45) is 0 Å². The van der Waals surface area contributed by atoms with Gasteiger partial charge in [0.15, 0.2) is 17.5 Å². The Morgan fingerprint density at radius 3 is 1.83 bits per heavy atom. The lowest BCUT2D eigenvalue weighted by Gasteiger charge is -2.23. The molecule has 3 aromatic carbocycles. The number of ether oxygens (including phenoxy) is 1. The van der Waals surface area contributed by atoms with E-state index in [1.165, 1.54) is 31.4 Å². The van der Waals surface area contributed by atoms with Gasteiger partial charge in [0.25, 0.3) is 0 Å². The number of hydrogen-bond donors (Lipinski definition) is 1. The van der Waals surface area contributed by atoms with Gasteiger partial charge in [0.05, 0.1) is 18.2 Å². The number of carbonyl (C=O) groups is 1. The Morgan fingerprint density at radius 1 is 0.889 bits per heavy atom. The van der Waals surface area contributed by atoms with Crippen molar-refractivity contribution in [1.29, 1.82) is 0 Å². The lowest BCUT2D eigenvalue weighted by Crippen LogP contribution is -2.31. The summed E-state index contributed by atoms with van der Waals surface area (Å²) in [6.07, 6.45) is -4.64. The largest absolute Gasteiger partial charge is 0.497 e. The first-order valence-electron chi connectivity index (χ1n) is 9.95. The number of methoxy groups -OCH3 is 1. The van der Waals surface area contributed by atoms with E-state index in [2.05, 4.69) is 0 Å². The lowest BCUT2D eigenvalue weighted by atomic mass is 10.1. The van der Waals surface area contributed by atoms with Gasteiger partial charge in [-0.3, -0.25) is 0 Å². The van der Waals surface area contributed by atoms with Crippen LogP contribution >= 0.6 is 0 Å². The molecule has 0 spiro atoms. The number of rotatable bonds is 8. The summed E-state index contributed by atoms with van der Waals surface area (Å²) in [5, 5.41) is 9.08. The molecule has 0 saturated heterocycles. The Balaban J connectivity index is 2.10. The number of alkyl halides is 3. The third kappa shape index (κ3) is 5.62. The standard InChI is InChI=1S/C23H17F6NO5S/c1-35-16-8-4-14(5-9-16)12-30(11-13-2-6-15(7-3-13)23(27,28)29)36(33,34)18-10-17(22(31)32)19(24)21(26)20(18)25/h2-10H,11-12H2,1H3,(H,31,32). The predicted molar refractivity (Wildman–Crippen MR) is 114 cm³/mol. The van der Waals surface area contributed by atoms with E-state index in [1.54, 1.807) is 0 Å². The lowest BCUT2D eigenvalue weighted by molar-refractivity contribution is -0.137. The number of carboxylic acid groups (broad SMARTS) is 1. The third-order valence-corrected chi connectivity index (χ3v) is 6.91. The van der Waals surface area contributed by atoms with Crippen LogP contribution in [0.1, 0.15) is 27.0 Å². The number of benzene rings is 3. The summed E-state index contributed by atoms with van der Waals surface area (Å²) in [5.41, 5.74) is -2.02. The molecule has 13 heteroatoms. The first kappa shape index (κ1) is 27.0. The molecular formula is C23H17F6NO5S. The Kier molecular flexibility index (Phi) is 7.65. The van der Waals surface area contributed by atoms with Crippen LogP contribution in [0.5, 0.6) is 5.75 Å². The van der Waals surface area contributed by atoms with Crippen molar-refractivity contribution in [3.8, 4) is 5.75 Å². The van der Waals surface area contributed by atoms with E-state index in [0.717, 1.165) is 12.1 Å². The monoisotopic (exact) mass is 533 g/mol. The van der Waals surface area contributed by atoms with Crippen molar-refractivity contribution < 1.29 is 49.4 Å². The topological polar surface area (TPSA) is 83.9 Å². The van der Waals surface area contributed by atoms with Crippen molar-refractivity contribution in [2.75, 3.05) is 7.11 Å². The maximum atomic E-state index is 14.6. The molecule has 0 bridgehead atoms. The number of sulfonamides is 1. The molecule has 0 aliphatic carbocycles. The number of carboxylic acids is 1. The van der Waals surface area contributed by atoms with Crippen molar-refractivity contribution in [3.05, 3.63) is 94.3 Å². The van der Waals surface area contributed by atoms with Crippen LogP contribution in [0, 0.1) is 17.5 Å². The minimum Gasteiger partial charge on any atom is -0.497 e. The molecule has 0 aliphatic rings. The number of hydrogen-bond acceptors (Lipinski definition) is 4. The molecule has 3 aromatic rings. The highest BCUT2D eigenvalue weighted by atomic mass is 32.2. The fourth-order valence-corrected chi connectivity index (χ4v) is 4.73. The zero-order valence-corrected chi connectivity index (χ0v) is 19.1. The predicted octanol–water partition coefficient (Wildman–Crippen LogP) is 5.22. The van der Waals surface area contributed by atoms with Crippen LogP contribution in [0.3, 0.4) is 0 Å². The zero-order valence-electron chi connectivity index (χ0n) is 18.3. The number of aromatic carboxylic acids is 1. The first-order chi connectivity index (χ1) is 16.8. The molecule has 36 heavy (non-hydrogen) atoms. The second-order valence-corrected chi connectivity index (χ2v) is 9.39. The summed E-state index contributed by atoms with van der Waals surface area (Å²) >= 11 is 0. The Bertz CT molecular complexity index is 1370. The van der Waals surface area contributed by atoms with E-state index < -0.39 is 68.7 Å². The van der Waals surface area contributed by atoms with Gasteiger partial charge in [0.2, 0.25) is 10.0 Å². The minimum atomic E-state index is -5.04. The van der Waals surface area contributed by atoms with Crippen LogP contribution in [-0.2, 0) is 29.3 Å². The number of nitrogens with zero attached hydrogens (tertiary/aromatic N) is 1. The van der Waals surface area contributed by atoms with Crippen LogP contribution in [0.2, 0.25) is 0 Å². The molecule has 0 heterocycles. The average molecular weight is 533 g/mol. The van der Waals surface area contributed by atoms with E-state index in [9.17, 15) is 39.6 Å². The molecular weight excluding hydrogens is 516 g/mol. The molecule has 1 N–H and O–H groups in total. The summed E-state index contributed by atoms with van der Waals surface area (Å²) in [7, 11) is -3.65. The zero-order chi connectivity index (χ0) is 26.8. The van der Waals surface area contributed by atoms with Crippen LogP contribution in [0.15, 0.2) is 59.5 Å². The SMILES string of the molecule is COc1ccc(CN(Cc2ccc(C(F)(F)F)cc2)S(=O)(=O)c2cc(C(=O)O)c(F)c(F)c2F)cc1. The maximum Gasteiger partial charge on any atom is 0.416 e. The summed E-state index contributed by atoms with van der Waals surface area (Å²) in [6, 6.07) is 9.48. The van der Waals surface area contributed by atoms with Gasteiger partial charge in [0.1, 0.15) is 10.6 Å². The van der Waals surface area contributed by atoms with Gasteiger partial charge in [-0.1, -0.05) is 24.3 Å². The molecule has 6 nitrogen and oxygen atoms in total. The molecule has 0 fully saturated rings. The average Bonchev–Trinajstić information content (AvgIpc) is 2.82.